The van der Waals surface area contributed by atoms with Gasteiger partial charge in [0.2, 0.25) is 0 Å². The first-order valence-electron chi connectivity index (χ1n) is 7.69. The summed E-state index contributed by atoms with van der Waals surface area (Å²) < 4.78 is 13.0. The minimum Gasteiger partial charge on any atom is -0.292 e. The van der Waals surface area contributed by atoms with Crippen LogP contribution in [0.3, 0.4) is 0 Å². The molecule has 20 heavy (non-hydrogen) atoms. The van der Waals surface area contributed by atoms with Crippen molar-refractivity contribution in [2.75, 3.05) is 6.54 Å². The number of Topliss-reactive ketones (excluding diaryl/α,β-unsaturated/α-hetero) is 1. The third-order valence-electron chi connectivity index (χ3n) is 4.40. The van der Waals surface area contributed by atoms with Crippen molar-refractivity contribution in [3.8, 4) is 0 Å². The predicted molar refractivity (Wildman–Crippen MR) is 79.4 cm³/mol. The smallest absolute Gasteiger partial charge is 0.179 e. The molecule has 1 aromatic carbocycles. The van der Waals surface area contributed by atoms with Crippen molar-refractivity contribution in [2.45, 2.75) is 58.0 Å². The molecule has 1 aliphatic rings. The van der Waals surface area contributed by atoms with E-state index < -0.39 is 0 Å². The van der Waals surface area contributed by atoms with E-state index in [4.69, 9.17) is 0 Å². The lowest BCUT2D eigenvalue weighted by molar-refractivity contribution is 0.0758. The Morgan fingerprint density at radius 2 is 2.00 bits per heavy atom. The van der Waals surface area contributed by atoms with Crippen LogP contribution < -0.4 is 0 Å². The Labute approximate surface area is 121 Å². The van der Waals surface area contributed by atoms with Crippen LogP contribution >= 0.6 is 0 Å². The fourth-order valence-electron chi connectivity index (χ4n) is 3.15. The maximum atomic E-state index is 13.0. The lowest BCUT2D eigenvalue weighted by Gasteiger charge is -2.33. The second kappa shape index (κ2) is 6.98. The van der Waals surface area contributed by atoms with Gasteiger partial charge in [0.15, 0.2) is 5.78 Å². The van der Waals surface area contributed by atoms with Gasteiger partial charge in [0.05, 0.1) is 6.04 Å². The molecule has 1 aliphatic heterocycles. The molecule has 0 aliphatic carbocycles. The van der Waals surface area contributed by atoms with Crippen LogP contribution in [0.4, 0.5) is 4.39 Å². The number of rotatable bonds is 4. The largest absolute Gasteiger partial charge is 0.292 e. The van der Waals surface area contributed by atoms with E-state index in [1.807, 2.05) is 6.92 Å². The van der Waals surface area contributed by atoms with Gasteiger partial charge in [0.25, 0.3) is 0 Å². The minimum absolute atomic E-state index is 0.102. The topological polar surface area (TPSA) is 20.3 Å². The molecule has 0 spiro atoms. The predicted octanol–water partition coefficient (Wildman–Crippen LogP) is 4.05. The Balaban J connectivity index is 2.13. The van der Waals surface area contributed by atoms with E-state index in [-0.39, 0.29) is 17.6 Å². The van der Waals surface area contributed by atoms with E-state index in [1.165, 1.54) is 31.4 Å². The summed E-state index contributed by atoms with van der Waals surface area (Å²) in [6.07, 6.45) is 5.94. The van der Waals surface area contributed by atoms with Gasteiger partial charge in [-0.25, -0.2) is 4.39 Å². The zero-order valence-corrected chi connectivity index (χ0v) is 12.4. The Morgan fingerprint density at radius 3 is 2.65 bits per heavy atom. The van der Waals surface area contributed by atoms with Gasteiger partial charge >= 0.3 is 0 Å². The second-order valence-corrected chi connectivity index (χ2v) is 5.70. The van der Waals surface area contributed by atoms with Crippen LogP contribution in [0.5, 0.6) is 0 Å². The van der Waals surface area contributed by atoms with Crippen molar-refractivity contribution in [1.29, 1.82) is 0 Å². The van der Waals surface area contributed by atoms with Crippen LogP contribution in [0.1, 0.15) is 56.3 Å². The molecular formula is C17H24FNO. The van der Waals surface area contributed by atoms with Gasteiger partial charge in [-0.3, -0.25) is 9.69 Å². The molecule has 1 saturated heterocycles. The van der Waals surface area contributed by atoms with Crippen molar-refractivity contribution in [2.24, 2.45) is 0 Å². The number of ketones is 1. The number of carbonyl (C=O) groups excluding carboxylic acids is 1. The van der Waals surface area contributed by atoms with Gasteiger partial charge in [-0.15, -0.1) is 0 Å². The second-order valence-electron chi connectivity index (χ2n) is 5.70. The SMILES string of the molecule is CCC1CCCCCN1C(C)C(=O)c1ccc(F)cc1. The van der Waals surface area contributed by atoms with Crippen LogP contribution in [-0.4, -0.2) is 29.3 Å². The Bertz CT molecular complexity index is 443. The highest BCUT2D eigenvalue weighted by molar-refractivity contribution is 5.99. The number of halogens is 1. The van der Waals surface area contributed by atoms with Gasteiger partial charge in [-0.1, -0.05) is 19.8 Å². The van der Waals surface area contributed by atoms with E-state index >= 15 is 0 Å². The normalized spacial score (nSPS) is 22.2. The number of nitrogens with zero attached hydrogens (tertiary/aromatic N) is 1. The van der Waals surface area contributed by atoms with Crippen molar-refractivity contribution in [3.05, 3.63) is 35.6 Å². The fourth-order valence-corrected chi connectivity index (χ4v) is 3.15. The molecule has 1 fully saturated rings. The van der Waals surface area contributed by atoms with Crippen LogP contribution in [0.15, 0.2) is 24.3 Å². The summed E-state index contributed by atoms with van der Waals surface area (Å²) in [6, 6.07) is 6.28. The lowest BCUT2D eigenvalue weighted by Crippen LogP contribution is -2.45. The zero-order valence-electron chi connectivity index (χ0n) is 12.4. The molecule has 0 bridgehead atoms. The van der Waals surface area contributed by atoms with Crippen molar-refractivity contribution in [1.82, 2.24) is 4.90 Å². The van der Waals surface area contributed by atoms with Gasteiger partial charge in [0.1, 0.15) is 5.82 Å². The maximum Gasteiger partial charge on any atom is 0.179 e. The molecule has 1 aromatic rings. The van der Waals surface area contributed by atoms with Crippen molar-refractivity contribution < 1.29 is 9.18 Å². The highest BCUT2D eigenvalue weighted by atomic mass is 19.1. The average molecular weight is 277 g/mol. The summed E-state index contributed by atoms with van der Waals surface area (Å²) in [4.78, 5) is 14.9. The summed E-state index contributed by atoms with van der Waals surface area (Å²) >= 11 is 0. The molecule has 0 N–H and O–H groups in total. The van der Waals surface area contributed by atoms with Gasteiger partial charge in [-0.2, -0.15) is 0 Å². The molecular weight excluding hydrogens is 253 g/mol. The van der Waals surface area contributed by atoms with Gasteiger partial charge < -0.3 is 0 Å². The fraction of sp³-hybridized carbons (Fsp3) is 0.588. The summed E-state index contributed by atoms with van der Waals surface area (Å²) in [6.45, 7) is 5.17. The van der Waals surface area contributed by atoms with Crippen LogP contribution in [-0.2, 0) is 0 Å². The van der Waals surface area contributed by atoms with E-state index in [0.717, 1.165) is 19.4 Å². The molecule has 0 aromatic heterocycles. The first-order chi connectivity index (χ1) is 9.63. The lowest BCUT2D eigenvalue weighted by atomic mass is 10.0. The first kappa shape index (κ1) is 15.2. The molecule has 2 unspecified atom stereocenters. The van der Waals surface area contributed by atoms with Crippen LogP contribution in [0, 0.1) is 5.82 Å². The monoisotopic (exact) mass is 277 g/mol. The van der Waals surface area contributed by atoms with E-state index in [9.17, 15) is 9.18 Å². The minimum atomic E-state index is -0.296. The Morgan fingerprint density at radius 1 is 1.30 bits per heavy atom. The standard InChI is InChI=1S/C17H24FNO/c1-3-16-7-5-4-6-12-19(16)13(2)17(20)14-8-10-15(18)11-9-14/h8-11,13,16H,3-7,12H2,1-2H3. The number of likely N-dealkylation sites (tertiary alicyclic amines) is 1. The number of hydrogen-bond donors (Lipinski definition) is 0. The molecule has 2 nitrogen and oxygen atoms in total. The van der Waals surface area contributed by atoms with E-state index in [0.29, 0.717) is 11.6 Å². The summed E-state index contributed by atoms with van der Waals surface area (Å²) in [5.74, 6) is -0.194. The summed E-state index contributed by atoms with van der Waals surface area (Å²) in [5, 5.41) is 0. The molecule has 110 valence electrons. The highest BCUT2D eigenvalue weighted by Gasteiger charge is 2.28. The molecule has 0 radical (unpaired) electrons. The van der Waals surface area contributed by atoms with Crippen molar-refractivity contribution >= 4 is 5.78 Å². The summed E-state index contributed by atoms with van der Waals surface area (Å²) in [7, 11) is 0. The van der Waals surface area contributed by atoms with Crippen molar-refractivity contribution in [3.63, 3.8) is 0 Å². The Hall–Kier alpha value is -1.22. The van der Waals surface area contributed by atoms with Gasteiger partial charge in [0, 0.05) is 11.6 Å². The highest BCUT2D eigenvalue weighted by Crippen LogP contribution is 2.23. The number of carbonyl (C=O) groups is 1. The molecule has 0 saturated carbocycles. The average Bonchev–Trinajstić information content (AvgIpc) is 2.71. The molecule has 3 heteroatoms. The van der Waals surface area contributed by atoms with Gasteiger partial charge in [-0.05, 0) is 57.0 Å². The molecule has 0 amide bonds. The Kier molecular flexibility index (Phi) is 5.30. The third kappa shape index (κ3) is 3.45. The van der Waals surface area contributed by atoms with Crippen LogP contribution in [0.25, 0.3) is 0 Å². The molecule has 2 rings (SSSR count). The number of benzene rings is 1. The summed E-state index contributed by atoms with van der Waals surface area (Å²) in [5.41, 5.74) is 0.609. The first-order valence-corrected chi connectivity index (χ1v) is 7.69. The quantitative estimate of drug-likeness (QED) is 0.774. The van der Waals surface area contributed by atoms with E-state index in [1.54, 1.807) is 12.1 Å². The van der Waals surface area contributed by atoms with Crippen LogP contribution in [0.2, 0.25) is 0 Å². The van der Waals surface area contributed by atoms with E-state index in [2.05, 4.69) is 11.8 Å². The maximum absolute atomic E-state index is 13.0. The third-order valence-corrected chi connectivity index (χ3v) is 4.40. The molecule has 2 atom stereocenters. The zero-order chi connectivity index (χ0) is 14.5. The number of hydrogen-bond acceptors (Lipinski definition) is 2. The molecule has 1 heterocycles.